The largest absolute Gasteiger partial charge is 0.387 e. The molecule has 1 fully saturated rings. The molecule has 0 spiro atoms. The lowest BCUT2D eigenvalue weighted by molar-refractivity contribution is -0.00754. The highest BCUT2D eigenvalue weighted by Gasteiger charge is 2.22. The second-order valence-electron chi connectivity index (χ2n) is 3.69. The number of rotatable bonds is 4. The van der Waals surface area contributed by atoms with E-state index in [-0.39, 0.29) is 12.3 Å². The Morgan fingerprint density at radius 3 is 2.71 bits per heavy atom. The van der Waals surface area contributed by atoms with Crippen LogP contribution < -0.4 is 4.90 Å². The Kier molecular flexibility index (Phi) is 3.85. The number of morpholine rings is 1. The number of nitrogens with zero attached hydrogens (tertiary/aromatic N) is 3. The van der Waals surface area contributed by atoms with E-state index in [2.05, 4.69) is 10.1 Å². The number of halogens is 2. The Morgan fingerprint density at radius 2 is 2.06 bits per heavy atom. The molecule has 1 aliphatic heterocycles. The monoisotopic (exact) mass is 249 g/mol. The molecule has 1 unspecified atom stereocenters. The minimum Gasteiger partial charge on any atom is -0.387 e. The third kappa shape index (κ3) is 3.10. The van der Waals surface area contributed by atoms with E-state index in [1.807, 2.05) is 4.90 Å². The first-order chi connectivity index (χ1) is 8.16. The van der Waals surface area contributed by atoms with Crippen LogP contribution in [0.5, 0.6) is 0 Å². The second kappa shape index (κ2) is 5.37. The zero-order valence-corrected chi connectivity index (χ0v) is 9.05. The van der Waals surface area contributed by atoms with Gasteiger partial charge in [-0.15, -0.1) is 0 Å². The van der Waals surface area contributed by atoms with Crippen LogP contribution in [-0.2, 0) is 11.2 Å². The molecule has 1 aromatic rings. The van der Waals surface area contributed by atoms with Gasteiger partial charge in [-0.3, -0.25) is 0 Å². The highest BCUT2D eigenvalue weighted by Crippen LogP contribution is 2.14. The Labute approximate surface area is 96.2 Å². The number of hydrogen-bond acceptors (Lipinski definition) is 6. The van der Waals surface area contributed by atoms with Gasteiger partial charge in [0.15, 0.2) is 0 Å². The molecule has 0 saturated carbocycles. The van der Waals surface area contributed by atoms with Crippen molar-refractivity contribution in [2.24, 2.45) is 0 Å². The molecule has 2 heterocycles. The van der Waals surface area contributed by atoms with E-state index in [0.717, 1.165) is 0 Å². The van der Waals surface area contributed by atoms with Crippen molar-refractivity contribution in [1.29, 1.82) is 0 Å². The van der Waals surface area contributed by atoms with Crippen molar-refractivity contribution in [3.8, 4) is 0 Å². The predicted molar refractivity (Wildman–Crippen MR) is 53.0 cm³/mol. The summed E-state index contributed by atoms with van der Waals surface area (Å²) in [6, 6.07) is 0. The number of alkyl halides is 2. The first kappa shape index (κ1) is 12.2. The fourth-order valence-corrected chi connectivity index (χ4v) is 1.49. The average molecular weight is 249 g/mol. The number of ether oxygens (including phenoxy) is 1. The van der Waals surface area contributed by atoms with Crippen molar-refractivity contribution in [1.82, 2.24) is 10.1 Å². The van der Waals surface area contributed by atoms with Crippen LogP contribution >= 0.6 is 0 Å². The number of aliphatic hydroxyl groups excluding tert-OH is 1. The van der Waals surface area contributed by atoms with Gasteiger partial charge in [0.2, 0.25) is 5.89 Å². The highest BCUT2D eigenvalue weighted by molar-refractivity contribution is 5.28. The Bertz CT molecular complexity index is 355. The lowest BCUT2D eigenvalue weighted by Crippen LogP contribution is -2.36. The number of aromatic nitrogens is 2. The zero-order chi connectivity index (χ0) is 12.3. The van der Waals surface area contributed by atoms with Gasteiger partial charge in [0.05, 0.1) is 19.6 Å². The topological polar surface area (TPSA) is 71.6 Å². The van der Waals surface area contributed by atoms with Gasteiger partial charge < -0.3 is 19.3 Å². The lowest BCUT2D eigenvalue weighted by Gasteiger charge is -2.24. The smallest absolute Gasteiger partial charge is 0.266 e. The number of aliphatic hydroxyl groups is 1. The summed E-state index contributed by atoms with van der Waals surface area (Å²) in [4.78, 5) is 5.79. The molecule has 0 aliphatic carbocycles. The van der Waals surface area contributed by atoms with Gasteiger partial charge in [0, 0.05) is 13.1 Å². The summed E-state index contributed by atoms with van der Waals surface area (Å²) in [5, 5.41) is 12.7. The summed E-state index contributed by atoms with van der Waals surface area (Å²) in [5.41, 5.74) is 0. The lowest BCUT2D eigenvalue weighted by atomic mass is 10.2. The molecule has 1 atom stereocenters. The van der Waals surface area contributed by atoms with E-state index >= 15 is 0 Å². The molecule has 0 aromatic carbocycles. The van der Waals surface area contributed by atoms with Gasteiger partial charge in [-0.25, -0.2) is 8.78 Å². The van der Waals surface area contributed by atoms with E-state index in [9.17, 15) is 8.78 Å². The molecule has 8 heteroatoms. The highest BCUT2D eigenvalue weighted by atomic mass is 19.3. The van der Waals surface area contributed by atoms with Crippen molar-refractivity contribution >= 4 is 5.95 Å². The molecule has 96 valence electrons. The normalized spacial score (nSPS) is 18.7. The maximum atomic E-state index is 12.1. The second-order valence-corrected chi connectivity index (χ2v) is 3.69. The maximum absolute atomic E-state index is 12.1. The van der Waals surface area contributed by atoms with Gasteiger partial charge in [-0.2, -0.15) is 4.98 Å². The van der Waals surface area contributed by atoms with Crippen molar-refractivity contribution in [2.75, 3.05) is 31.2 Å². The first-order valence-corrected chi connectivity index (χ1v) is 5.28. The molecule has 6 nitrogen and oxygen atoms in total. The van der Waals surface area contributed by atoms with Crippen LogP contribution in [0.2, 0.25) is 0 Å². The maximum Gasteiger partial charge on any atom is 0.266 e. The van der Waals surface area contributed by atoms with Gasteiger partial charge in [0.1, 0.15) is 6.10 Å². The molecule has 0 bridgehead atoms. The minimum atomic E-state index is -2.81. The van der Waals surface area contributed by atoms with Crippen LogP contribution in [0.4, 0.5) is 14.7 Å². The van der Waals surface area contributed by atoms with Crippen LogP contribution in [0.1, 0.15) is 5.89 Å². The third-order valence-corrected chi connectivity index (χ3v) is 2.43. The van der Waals surface area contributed by atoms with Gasteiger partial charge in [0.25, 0.3) is 12.4 Å². The fraction of sp³-hybridized carbons (Fsp3) is 0.778. The van der Waals surface area contributed by atoms with E-state index in [1.165, 1.54) is 0 Å². The predicted octanol–water partition coefficient (Wildman–Crippen LogP) is 0.0747. The third-order valence-electron chi connectivity index (χ3n) is 2.43. The Balaban J connectivity index is 1.95. The van der Waals surface area contributed by atoms with Crippen molar-refractivity contribution in [2.45, 2.75) is 19.0 Å². The minimum absolute atomic E-state index is 0.0132. The van der Waals surface area contributed by atoms with E-state index < -0.39 is 12.5 Å². The molecule has 1 aromatic heterocycles. The summed E-state index contributed by atoms with van der Waals surface area (Å²) in [6.07, 6.45) is -4.92. The number of hydrogen-bond donors (Lipinski definition) is 1. The summed E-state index contributed by atoms with van der Waals surface area (Å²) in [7, 11) is 0. The molecule has 1 N–H and O–H groups in total. The van der Waals surface area contributed by atoms with E-state index in [4.69, 9.17) is 14.4 Å². The molecule has 17 heavy (non-hydrogen) atoms. The summed E-state index contributed by atoms with van der Waals surface area (Å²) < 4.78 is 34.2. The molecule has 2 rings (SSSR count). The molecule has 1 saturated heterocycles. The van der Waals surface area contributed by atoms with E-state index in [0.29, 0.717) is 32.3 Å². The van der Waals surface area contributed by atoms with Crippen LogP contribution in [0.3, 0.4) is 0 Å². The molecular weight excluding hydrogens is 236 g/mol. The Morgan fingerprint density at radius 1 is 1.35 bits per heavy atom. The van der Waals surface area contributed by atoms with Crippen molar-refractivity contribution in [3.05, 3.63) is 5.89 Å². The van der Waals surface area contributed by atoms with Crippen LogP contribution in [0, 0.1) is 0 Å². The molecule has 0 radical (unpaired) electrons. The summed E-state index contributed by atoms with van der Waals surface area (Å²) in [6.45, 7) is 2.42. The van der Waals surface area contributed by atoms with E-state index in [1.54, 1.807) is 0 Å². The Hall–Kier alpha value is -1.28. The molecular formula is C9H13F2N3O3. The standard InChI is InChI=1S/C9H13F2N3O3/c10-8(11)6(15)5-7-12-9(13-17-7)14-1-3-16-4-2-14/h6,8,15H,1-5H2. The van der Waals surface area contributed by atoms with Crippen LogP contribution in [-0.4, -0.2) is 54.1 Å². The van der Waals surface area contributed by atoms with Crippen LogP contribution in [0.25, 0.3) is 0 Å². The first-order valence-electron chi connectivity index (χ1n) is 5.28. The van der Waals surface area contributed by atoms with Gasteiger partial charge >= 0.3 is 0 Å². The zero-order valence-electron chi connectivity index (χ0n) is 9.05. The van der Waals surface area contributed by atoms with Gasteiger partial charge in [-0.1, -0.05) is 0 Å². The summed E-state index contributed by atoms with van der Waals surface area (Å²) in [5.74, 6) is 0.365. The fourth-order valence-electron chi connectivity index (χ4n) is 1.49. The molecule has 0 amide bonds. The quantitative estimate of drug-likeness (QED) is 0.814. The molecule has 1 aliphatic rings. The van der Waals surface area contributed by atoms with Crippen molar-refractivity contribution < 1.29 is 23.1 Å². The van der Waals surface area contributed by atoms with Crippen LogP contribution in [0.15, 0.2) is 4.52 Å². The van der Waals surface area contributed by atoms with Gasteiger partial charge in [-0.05, 0) is 5.16 Å². The summed E-state index contributed by atoms with van der Waals surface area (Å²) >= 11 is 0. The number of anilines is 1. The van der Waals surface area contributed by atoms with Crippen molar-refractivity contribution in [3.63, 3.8) is 0 Å². The average Bonchev–Trinajstić information content (AvgIpc) is 2.78. The SMILES string of the molecule is OC(Cc1nc(N2CCOCC2)no1)C(F)F.